The Balaban J connectivity index is 1.71. The van der Waals surface area contributed by atoms with E-state index in [9.17, 15) is 4.79 Å². The quantitative estimate of drug-likeness (QED) is 0.805. The Kier molecular flexibility index (Phi) is 2.29. The molecule has 4 heteroatoms. The monoisotopic (exact) mass is 265 g/mol. The van der Waals surface area contributed by atoms with Gasteiger partial charge in [0.25, 0.3) is 0 Å². The van der Waals surface area contributed by atoms with Crippen LogP contribution in [-0.2, 0) is 0 Å². The predicted octanol–water partition coefficient (Wildman–Crippen LogP) is 3.06. The molecule has 98 valence electrons. The van der Waals surface area contributed by atoms with E-state index in [1.165, 1.54) is 0 Å². The molecule has 1 N–H and O–H groups in total. The van der Waals surface area contributed by atoms with Gasteiger partial charge >= 0.3 is 0 Å². The zero-order chi connectivity index (χ0) is 13.5. The molecule has 0 fully saturated rings. The molecule has 2 aromatic rings. The Morgan fingerprint density at radius 3 is 2.80 bits per heavy atom. The first kappa shape index (κ1) is 11.1. The van der Waals surface area contributed by atoms with Gasteiger partial charge in [-0.05, 0) is 35.9 Å². The van der Waals surface area contributed by atoms with Gasteiger partial charge in [-0.3, -0.25) is 4.79 Å². The standard InChI is InChI=1S/C16H11NO3/c18-16-11-3-1-2-4-12(11)17-13(16)7-10-5-6-14-15(8-10)20-9-19-14/h1-8,17H,9H2/b13-7+. The Morgan fingerprint density at radius 2 is 1.90 bits per heavy atom. The summed E-state index contributed by atoms with van der Waals surface area (Å²) in [7, 11) is 0. The molecule has 4 nitrogen and oxygen atoms in total. The highest BCUT2D eigenvalue weighted by molar-refractivity contribution is 6.20. The first-order valence-corrected chi connectivity index (χ1v) is 6.33. The SMILES string of the molecule is O=C1/C(=C\c2ccc3c(c2)OCO3)Nc2ccccc21. The molecular weight excluding hydrogens is 254 g/mol. The van der Waals surface area contributed by atoms with E-state index in [4.69, 9.17) is 9.47 Å². The number of allylic oxidation sites excluding steroid dienone is 1. The molecule has 0 aromatic heterocycles. The van der Waals surface area contributed by atoms with Gasteiger partial charge in [-0.2, -0.15) is 0 Å². The molecule has 2 aliphatic heterocycles. The van der Waals surface area contributed by atoms with Gasteiger partial charge in [-0.1, -0.05) is 18.2 Å². The maximum Gasteiger partial charge on any atom is 0.231 e. The fourth-order valence-corrected chi connectivity index (χ4v) is 2.41. The summed E-state index contributed by atoms with van der Waals surface area (Å²) in [5.74, 6) is 1.46. The topological polar surface area (TPSA) is 47.6 Å². The van der Waals surface area contributed by atoms with Gasteiger partial charge in [-0.25, -0.2) is 0 Å². The number of anilines is 1. The third-order valence-corrected chi connectivity index (χ3v) is 3.39. The Bertz CT molecular complexity index is 749. The van der Waals surface area contributed by atoms with Gasteiger partial charge < -0.3 is 14.8 Å². The summed E-state index contributed by atoms with van der Waals surface area (Å²) in [5.41, 5.74) is 3.03. The number of hydrogen-bond acceptors (Lipinski definition) is 4. The Hall–Kier alpha value is -2.75. The van der Waals surface area contributed by atoms with E-state index in [0.717, 1.165) is 17.0 Å². The van der Waals surface area contributed by atoms with E-state index in [1.807, 2.05) is 48.5 Å². The van der Waals surface area contributed by atoms with Crippen LogP contribution in [0, 0.1) is 0 Å². The summed E-state index contributed by atoms with van der Waals surface area (Å²) in [6, 6.07) is 13.1. The highest BCUT2D eigenvalue weighted by atomic mass is 16.7. The number of hydrogen-bond donors (Lipinski definition) is 1. The molecule has 0 unspecified atom stereocenters. The average Bonchev–Trinajstić information content (AvgIpc) is 3.05. The van der Waals surface area contributed by atoms with Crippen LogP contribution in [0.25, 0.3) is 6.08 Å². The third kappa shape index (κ3) is 1.66. The van der Waals surface area contributed by atoms with E-state index < -0.39 is 0 Å². The smallest absolute Gasteiger partial charge is 0.231 e. The lowest BCUT2D eigenvalue weighted by Gasteiger charge is -2.00. The number of carbonyl (C=O) groups is 1. The van der Waals surface area contributed by atoms with Gasteiger partial charge in [0.1, 0.15) is 0 Å². The summed E-state index contributed by atoms with van der Waals surface area (Å²) in [4.78, 5) is 12.2. The van der Waals surface area contributed by atoms with Crippen LogP contribution in [-0.4, -0.2) is 12.6 Å². The number of carbonyl (C=O) groups excluding carboxylic acids is 1. The molecule has 0 saturated heterocycles. The van der Waals surface area contributed by atoms with Gasteiger partial charge in [-0.15, -0.1) is 0 Å². The second kappa shape index (κ2) is 4.13. The van der Waals surface area contributed by atoms with Crippen LogP contribution in [0.4, 0.5) is 5.69 Å². The lowest BCUT2D eigenvalue weighted by molar-refractivity contribution is 0.104. The fraction of sp³-hybridized carbons (Fsp3) is 0.0625. The fourth-order valence-electron chi connectivity index (χ4n) is 2.41. The van der Waals surface area contributed by atoms with E-state index in [1.54, 1.807) is 0 Å². The van der Waals surface area contributed by atoms with Crippen LogP contribution in [0.2, 0.25) is 0 Å². The number of para-hydroxylation sites is 1. The third-order valence-electron chi connectivity index (χ3n) is 3.39. The number of nitrogens with one attached hydrogen (secondary N) is 1. The molecule has 2 aliphatic rings. The first-order chi connectivity index (χ1) is 9.81. The molecule has 0 atom stereocenters. The van der Waals surface area contributed by atoms with Crippen molar-refractivity contribution in [2.45, 2.75) is 0 Å². The number of rotatable bonds is 1. The number of Topliss-reactive ketones (excluding diaryl/α,β-unsaturated/α-hetero) is 1. The minimum Gasteiger partial charge on any atom is -0.454 e. The van der Waals surface area contributed by atoms with Gasteiger partial charge in [0.15, 0.2) is 11.5 Å². The Labute approximate surface area is 115 Å². The van der Waals surface area contributed by atoms with Crippen molar-refractivity contribution >= 4 is 17.5 Å². The van der Waals surface area contributed by atoms with Crippen LogP contribution < -0.4 is 14.8 Å². The largest absolute Gasteiger partial charge is 0.454 e. The molecule has 2 heterocycles. The molecule has 0 radical (unpaired) electrons. The summed E-state index contributed by atoms with van der Waals surface area (Å²) in [5, 5.41) is 3.14. The van der Waals surface area contributed by atoms with Crippen molar-refractivity contribution in [2.75, 3.05) is 12.1 Å². The normalized spacial score (nSPS) is 17.2. The highest BCUT2D eigenvalue weighted by Gasteiger charge is 2.23. The molecule has 0 aliphatic carbocycles. The van der Waals surface area contributed by atoms with Crippen LogP contribution in [0.1, 0.15) is 15.9 Å². The van der Waals surface area contributed by atoms with Crippen molar-refractivity contribution in [3.8, 4) is 11.5 Å². The zero-order valence-electron chi connectivity index (χ0n) is 10.6. The van der Waals surface area contributed by atoms with Crippen LogP contribution in [0.3, 0.4) is 0 Å². The van der Waals surface area contributed by atoms with Gasteiger partial charge in [0, 0.05) is 11.3 Å². The second-order valence-corrected chi connectivity index (χ2v) is 4.67. The molecule has 4 rings (SSSR count). The van der Waals surface area contributed by atoms with E-state index in [0.29, 0.717) is 17.0 Å². The van der Waals surface area contributed by atoms with Crippen molar-refractivity contribution in [3.63, 3.8) is 0 Å². The summed E-state index contributed by atoms with van der Waals surface area (Å²) < 4.78 is 10.6. The zero-order valence-corrected chi connectivity index (χ0v) is 10.6. The summed E-state index contributed by atoms with van der Waals surface area (Å²) >= 11 is 0. The minimum atomic E-state index is 0.0123. The average molecular weight is 265 g/mol. The van der Waals surface area contributed by atoms with Gasteiger partial charge in [0.05, 0.1) is 5.70 Å². The van der Waals surface area contributed by atoms with Crippen LogP contribution in [0.15, 0.2) is 48.2 Å². The molecule has 0 spiro atoms. The number of ether oxygens (including phenoxy) is 2. The molecule has 0 saturated carbocycles. The van der Waals surface area contributed by atoms with Crippen molar-refractivity contribution < 1.29 is 14.3 Å². The Morgan fingerprint density at radius 1 is 1.05 bits per heavy atom. The maximum atomic E-state index is 12.2. The summed E-state index contributed by atoms with van der Waals surface area (Å²) in [6.45, 7) is 0.248. The first-order valence-electron chi connectivity index (χ1n) is 6.33. The van der Waals surface area contributed by atoms with Crippen molar-refractivity contribution in [1.29, 1.82) is 0 Å². The van der Waals surface area contributed by atoms with E-state index in [-0.39, 0.29) is 12.6 Å². The van der Waals surface area contributed by atoms with E-state index in [2.05, 4.69) is 5.32 Å². The minimum absolute atomic E-state index is 0.0123. The van der Waals surface area contributed by atoms with Crippen molar-refractivity contribution in [2.24, 2.45) is 0 Å². The van der Waals surface area contributed by atoms with Crippen molar-refractivity contribution in [1.82, 2.24) is 0 Å². The second-order valence-electron chi connectivity index (χ2n) is 4.67. The van der Waals surface area contributed by atoms with Crippen LogP contribution >= 0.6 is 0 Å². The highest BCUT2D eigenvalue weighted by Crippen LogP contribution is 2.34. The number of ketones is 1. The number of benzene rings is 2. The van der Waals surface area contributed by atoms with Gasteiger partial charge in [0.2, 0.25) is 12.6 Å². The van der Waals surface area contributed by atoms with Crippen molar-refractivity contribution in [3.05, 3.63) is 59.3 Å². The molecule has 2 aromatic carbocycles. The van der Waals surface area contributed by atoms with Crippen LogP contribution in [0.5, 0.6) is 11.5 Å². The molecular formula is C16H11NO3. The lowest BCUT2D eigenvalue weighted by atomic mass is 10.1. The summed E-state index contributed by atoms with van der Waals surface area (Å²) in [6.07, 6.45) is 1.82. The number of fused-ring (bicyclic) bond motifs is 2. The predicted molar refractivity (Wildman–Crippen MR) is 74.9 cm³/mol. The maximum absolute atomic E-state index is 12.2. The lowest BCUT2D eigenvalue weighted by Crippen LogP contribution is -1.99. The van der Waals surface area contributed by atoms with E-state index >= 15 is 0 Å². The molecule has 20 heavy (non-hydrogen) atoms. The molecule has 0 amide bonds. The molecule has 0 bridgehead atoms.